The molecule has 3 aromatic rings. The highest BCUT2D eigenvalue weighted by Gasteiger charge is 2.53. The summed E-state index contributed by atoms with van der Waals surface area (Å²) in [5, 5.41) is 15.3. The van der Waals surface area contributed by atoms with Gasteiger partial charge in [-0.15, -0.1) is 10.2 Å². The third kappa shape index (κ3) is 3.74. The number of benzene rings is 1. The lowest BCUT2D eigenvalue weighted by atomic mass is 10.1. The molecule has 1 amide bonds. The number of amides is 1. The van der Waals surface area contributed by atoms with Crippen LogP contribution in [0.1, 0.15) is 36.2 Å². The van der Waals surface area contributed by atoms with Crippen LogP contribution in [0.5, 0.6) is 5.75 Å². The molecule has 0 radical (unpaired) electrons. The first kappa shape index (κ1) is 21.5. The fourth-order valence-electron chi connectivity index (χ4n) is 4.39. The third-order valence-corrected chi connectivity index (χ3v) is 10.5. The second-order valence-corrected chi connectivity index (χ2v) is 11.9. The number of hydrogen-bond donors (Lipinski definition) is 3. The number of rotatable bonds is 8. The molecule has 2 aliphatic carbocycles. The average molecular weight is 467 g/mol. The van der Waals surface area contributed by atoms with Crippen LogP contribution in [-0.2, 0) is 11.6 Å². The molecule has 0 spiro atoms. The van der Waals surface area contributed by atoms with E-state index in [0.29, 0.717) is 34.1 Å². The zero-order valence-electron chi connectivity index (χ0n) is 18.5. The second-order valence-electron chi connectivity index (χ2n) is 8.59. The molecule has 5 N–H and O–H groups in total. The van der Waals surface area contributed by atoms with Crippen molar-refractivity contribution in [1.29, 1.82) is 0 Å². The number of anilines is 3. The number of methoxy groups -OCH3 is 1. The Labute approximate surface area is 191 Å². The smallest absolute Gasteiger partial charge is 0.271 e. The number of nitrogens with zero attached hydrogens (tertiary/aromatic N) is 4. The van der Waals surface area contributed by atoms with E-state index in [1.807, 2.05) is 25.2 Å². The number of nitrogens with two attached hydrogens (primary N) is 2. The van der Waals surface area contributed by atoms with Crippen LogP contribution < -0.4 is 27.0 Å². The van der Waals surface area contributed by atoms with E-state index in [1.165, 1.54) is 6.07 Å². The summed E-state index contributed by atoms with van der Waals surface area (Å²) in [7, 11) is 0.933. The lowest BCUT2D eigenvalue weighted by molar-refractivity contribution is 0.0995. The van der Waals surface area contributed by atoms with Gasteiger partial charge in [-0.2, -0.15) is 5.10 Å². The van der Waals surface area contributed by atoms with E-state index in [1.54, 1.807) is 17.9 Å². The van der Waals surface area contributed by atoms with Crippen molar-refractivity contribution < 1.29 is 14.1 Å². The summed E-state index contributed by atoms with van der Waals surface area (Å²) in [6.07, 6.45) is 4.12. The van der Waals surface area contributed by atoms with Crippen LogP contribution >= 0.6 is 7.14 Å². The summed E-state index contributed by atoms with van der Waals surface area (Å²) < 4.78 is 21.5. The van der Waals surface area contributed by atoms with Gasteiger partial charge in [0.1, 0.15) is 13.0 Å². The molecule has 2 heterocycles. The molecular weight excluding hydrogens is 441 g/mol. The molecule has 0 aliphatic heterocycles. The van der Waals surface area contributed by atoms with Gasteiger partial charge in [0.15, 0.2) is 11.4 Å². The number of aryl methyl sites for hydroxylation is 1. The van der Waals surface area contributed by atoms with Gasteiger partial charge in [-0.1, -0.05) is 6.07 Å². The van der Waals surface area contributed by atoms with Crippen molar-refractivity contribution in [1.82, 2.24) is 20.0 Å². The minimum Gasteiger partial charge on any atom is -0.494 e. The Morgan fingerprint density at radius 3 is 2.45 bits per heavy atom. The Bertz CT molecular complexity index is 1280. The number of hydrogen-bond acceptors (Lipinski definition) is 8. The predicted molar refractivity (Wildman–Crippen MR) is 127 cm³/mol. The lowest BCUT2D eigenvalue weighted by Gasteiger charge is -2.17. The Morgan fingerprint density at radius 1 is 1.15 bits per heavy atom. The predicted octanol–water partition coefficient (Wildman–Crippen LogP) is 2.62. The first-order valence-corrected chi connectivity index (χ1v) is 12.7. The highest BCUT2D eigenvalue weighted by Crippen LogP contribution is 2.69. The summed E-state index contributed by atoms with van der Waals surface area (Å²) >= 11 is 0. The number of aromatic nitrogens is 4. The molecule has 2 fully saturated rings. The van der Waals surface area contributed by atoms with Crippen LogP contribution in [-0.4, -0.2) is 44.3 Å². The number of nitrogen functional groups attached to an aromatic ring is 1. The monoisotopic (exact) mass is 467 g/mol. The van der Waals surface area contributed by atoms with Crippen molar-refractivity contribution >= 4 is 35.7 Å². The molecule has 0 bridgehead atoms. The standard InChI is InChI=1S/C22H26N7O3P/c1-29-19(33(31,12-6-7-12)13-8-9-13)11-16(28-29)14-4-3-5-15(21(14)32-2)25-17-10-18(23)26-27-20(17)22(24)30/h3-5,10-13H,6-9H2,1-2H3,(H2,24,30)(H3,23,25,26). The number of para-hydroxylation sites is 1. The van der Waals surface area contributed by atoms with Crippen molar-refractivity contribution in [2.75, 3.05) is 18.2 Å². The van der Waals surface area contributed by atoms with Gasteiger partial charge in [-0.25, -0.2) is 0 Å². The zero-order valence-corrected chi connectivity index (χ0v) is 19.4. The molecule has 1 aromatic carbocycles. The number of nitrogens with one attached hydrogen (secondary N) is 1. The van der Waals surface area contributed by atoms with Crippen LogP contribution in [0.25, 0.3) is 11.3 Å². The van der Waals surface area contributed by atoms with Gasteiger partial charge >= 0.3 is 0 Å². The van der Waals surface area contributed by atoms with Crippen LogP contribution in [0.2, 0.25) is 0 Å². The molecule has 2 aromatic heterocycles. The molecule has 172 valence electrons. The van der Waals surface area contributed by atoms with E-state index in [2.05, 4.69) is 15.5 Å². The first-order chi connectivity index (χ1) is 15.8. The molecule has 11 heteroatoms. The van der Waals surface area contributed by atoms with E-state index in [4.69, 9.17) is 21.3 Å². The molecule has 5 rings (SSSR count). The fourth-order valence-corrected chi connectivity index (χ4v) is 8.39. The maximum absolute atomic E-state index is 14.0. The number of primary amides is 1. The minimum absolute atomic E-state index is 0.0356. The molecule has 10 nitrogen and oxygen atoms in total. The second kappa shape index (κ2) is 7.88. The fraction of sp³-hybridized carbons (Fsp3) is 0.364. The zero-order chi connectivity index (χ0) is 23.3. The maximum Gasteiger partial charge on any atom is 0.271 e. The molecule has 0 atom stereocenters. The van der Waals surface area contributed by atoms with Gasteiger partial charge < -0.3 is 26.1 Å². The SMILES string of the molecule is COc1c(Nc2cc(N)nnc2C(N)=O)cccc1-c1cc(P(=O)(C2CC2)C2CC2)n(C)n1. The molecule has 2 aliphatic rings. The largest absolute Gasteiger partial charge is 0.494 e. The number of ether oxygens (including phenoxy) is 1. The summed E-state index contributed by atoms with van der Waals surface area (Å²) in [6, 6.07) is 8.97. The number of carbonyl (C=O) groups is 1. The van der Waals surface area contributed by atoms with E-state index in [9.17, 15) is 9.36 Å². The van der Waals surface area contributed by atoms with Gasteiger partial charge in [0.2, 0.25) is 0 Å². The minimum atomic E-state index is -2.48. The van der Waals surface area contributed by atoms with Crippen LogP contribution in [0.4, 0.5) is 17.2 Å². The van der Waals surface area contributed by atoms with Crippen LogP contribution in [0.15, 0.2) is 30.3 Å². The van der Waals surface area contributed by atoms with E-state index >= 15 is 0 Å². The Hall–Kier alpha value is -3.39. The highest BCUT2D eigenvalue weighted by molar-refractivity contribution is 7.73. The quantitative estimate of drug-likeness (QED) is 0.428. The topological polar surface area (TPSA) is 151 Å². The van der Waals surface area contributed by atoms with Crippen molar-refractivity contribution in [3.63, 3.8) is 0 Å². The van der Waals surface area contributed by atoms with Gasteiger partial charge in [-0.3, -0.25) is 9.48 Å². The van der Waals surface area contributed by atoms with Gasteiger partial charge in [-0.05, 0) is 43.9 Å². The highest BCUT2D eigenvalue weighted by atomic mass is 31.2. The van der Waals surface area contributed by atoms with Crippen LogP contribution in [0.3, 0.4) is 0 Å². The van der Waals surface area contributed by atoms with E-state index < -0.39 is 13.0 Å². The Morgan fingerprint density at radius 2 is 1.85 bits per heavy atom. The third-order valence-electron chi connectivity index (χ3n) is 6.20. The molecule has 0 unspecified atom stereocenters. The summed E-state index contributed by atoms with van der Waals surface area (Å²) in [5.74, 6) is -0.0751. The molecule has 33 heavy (non-hydrogen) atoms. The molecular formula is C22H26N7O3P. The summed E-state index contributed by atoms with van der Waals surface area (Å²) in [6.45, 7) is 0. The van der Waals surface area contributed by atoms with Gasteiger partial charge in [0.05, 0.1) is 29.6 Å². The maximum atomic E-state index is 14.0. The average Bonchev–Trinajstić information content (AvgIpc) is 3.69. The van der Waals surface area contributed by atoms with Crippen molar-refractivity contribution in [2.45, 2.75) is 37.0 Å². The Balaban J connectivity index is 1.56. The normalized spacial score (nSPS) is 15.9. The molecule has 0 saturated heterocycles. The van der Waals surface area contributed by atoms with Gasteiger partial charge in [0, 0.05) is 30.0 Å². The van der Waals surface area contributed by atoms with Crippen molar-refractivity contribution in [3.8, 4) is 17.0 Å². The van der Waals surface area contributed by atoms with E-state index in [-0.39, 0.29) is 11.5 Å². The van der Waals surface area contributed by atoms with E-state index in [0.717, 1.165) is 36.7 Å². The summed E-state index contributed by atoms with van der Waals surface area (Å²) in [5.41, 5.74) is 14.9. The van der Waals surface area contributed by atoms with Crippen LogP contribution in [0, 0.1) is 0 Å². The van der Waals surface area contributed by atoms with Crippen molar-refractivity contribution in [2.24, 2.45) is 12.8 Å². The van der Waals surface area contributed by atoms with Gasteiger partial charge in [0.25, 0.3) is 5.91 Å². The van der Waals surface area contributed by atoms with Crippen molar-refractivity contribution in [3.05, 3.63) is 36.0 Å². The Kier molecular flexibility index (Phi) is 5.12. The molecule has 2 saturated carbocycles. The lowest BCUT2D eigenvalue weighted by Crippen LogP contribution is -2.20. The number of carbonyl (C=O) groups excluding carboxylic acids is 1. The first-order valence-electron chi connectivity index (χ1n) is 10.8. The summed E-state index contributed by atoms with van der Waals surface area (Å²) in [4.78, 5) is 11.8.